The maximum atomic E-state index is 5.37. The van der Waals surface area contributed by atoms with Gasteiger partial charge in [0.15, 0.2) is 0 Å². The topological polar surface area (TPSA) is 24.3 Å². The molecule has 1 heterocycles. The van der Waals surface area contributed by atoms with Crippen LogP contribution in [0, 0.1) is 5.92 Å². The molecule has 0 spiro atoms. The molecule has 1 aliphatic carbocycles. The second-order valence-electron chi connectivity index (χ2n) is 11.7. The maximum absolute atomic E-state index is 5.37. The fraction of sp³-hybridized carbons (Fsp3) is 0.417. The first-order valence-electron chi connectivity index (χ1n) is 15.3. The van der Waals surface area contributed by atoms with Crippen LogP contribution in [-0.2, 0) is 19.6 Å². The van der Waals surface area contributed by atoms with Crippen LogP contribution < -0.4 is 4.90 Å². The van der Waals surface area contributed by atoms with E-state index in [0.29, 0.717) is 0 Å². The lowest BCUT2D eigenvalue weighted by molar-refractivity contribution is 0.183. The van der Waals surface area contributed by atoms with Crippen LogP contribution in [0.2, 0.25) is 0 Å². The first-order chi connectivity index (χ1) is 19.6. The van der Waals surface area contributed by atoms with Crippen LogP contribution in [0.1, 0.15) is 63.1 Å². The van der Waals surface area contributed by atoms with Gasteiger partial charge in [0.1, 0.15) is 5.82 Å². The van der Waals surface area contributed by atoms with Gasteiger partial charge in [-0.1, -0.05) is 105 Å². The highest BCUT2D eigenvalue weighted by atomic mass is 15.2. The first-order valence-corrected chi connectivity index (χ1v) is 15.3. The van der Waals surface area contributed by atoms with Crippen LogP contribution in [-0.4, -0.2) is 35.1 Å². The molecule has 1 aliphatic rings. The van der Waals surface area contributed by atoms with Gasteiger partial charge < -0.3 is 9.47 Å². The van der Waals surface area contributed by atoms with Crippen LogP contribution >= 0.6 is 0 Å². The van der Waals surface area contributed by atoms with Crippen molar-refractivity contribution in [1.82, 2.24) is 14.5 Å². The number of hydrogen-bond acceptors (Lipinski definition) is 3. The summed E-state index contributed by atoms with van der Waals surface area (Å²) >= 11 is 0. The molecule has 0 N–H and O–H groups in total. The van der Waals surface area contributed by atoms with Crippen LogP contribution in [0.4, 0.5) is 5.69 Å². The molecular formula is C36H46N4. The zero-order chi connectivity index (χ0) is 27.7. The number of benzene rings is 3. The van der Waals surface area contributed by atoms with Gasteiger partial charge in [0.2, 0.25) is 0 Å². The molecule has 210 valence electrons. The monoisotopic (exact) mass is 534 g/mol. The van der Waals surface area contributed by atoms with E-state index in [1.807, 2.05) is 0 Å². The predicted molar refractivity (Wildman–Crippen MR) is 169 cm³/mol. The molecule has 0 unspecified atom stereocenters. The largest absolute Gasteiger partial charge is 0.378 e. The number of rotatable bonds is 12. The van der Waals surface area contributed by atoms with Crippen LogP contribution in [0.5, 0.6) is 0 Å². The third-order valence-corrected chi connectivity index (χ3v) is 8.36. The summed E-state index contributed by atoms with van der Waals surface area (Å²) in [4.78, 5) is 10.3. The van der Waals surface area contributed by atoms with E-state index >= 15 is 0 Å². The Labute approximate surface area is 241 Å². The van der Waals surface area contributed by atoms with Gasteiger partial charge in [0.25, 0.3) is 0 Å². The Kier molecular flexibility index (Phi) is 9.72. The zero-order valence-electron chi connectivity index (χ0n) is 24.7. The van der Waals surface area contributed by atoms with Crippen molar-refractivity contribution in [2.75, 3.05) is 25.5 Å². The molecule has 0 saturated heterocycles. The lowest BCUT2D eigenvalue weighted by Crippen LogP contribution is -2.31. The van der Waals surface area contributed by atoms with Gasteiger partial charge in [-0.25, -0.2) is 4.98 Å². The normalized spacial score (nSPS) is 14.1. The molecule has 0 amide bonds. The van der Waals surface area contributed by atoms with E-state index in [-0.39, 0.29) is 0 Å². The fourth-order valence-corrected chi connectivity index (χ4v) is 6.13. The molecule has 0 atom stereocenters. The van der Waals surface area contributed by atoms with E-state index in [4.69, 9.17) is 4.98 Å². The predicted octanol–water partition coefficient (Wildman–Crippen LogP) is 8.67. The minimum Gasteiger partial charge on any atom is -0.378 e. The Hall–Kier alpha value is -3.37. The molecule has 3 aromatic carbocycles. The summed E-state index contributed by atoms with van der Waals surface area (Å²) in [6.45, 7) is 6.27. The summed E-state index contributed by atoms with van der Waals surface area (Å²) in [6, 6.07) is 30.7. The Morgan fingerprint density at radius 2 is 1.43 bits per heavy atom. The van der Waals surface area contributed by atoms with E-state index < -0.39 is 0 Å². The molecule has 5 rings (SSSR count). The van der Waals surface area contributed by atoms with E-state index in [2.05, 4.69) is 120 Å². The third-order valence-electron chi connectivity index (χ3n) is 8.36. The molecular weight excluding hydrogens is 488 g/mol. The number of hydrogen-bond donors (Lipinski definition) is 0. The second kappa shape index (κ2) is 13.8. The number of imidazole rings is 1. The summed E-state index contributed by atoms with van der Waals surface area (Å²) < 4.78 is 2.53. The summed E-state index contributed by atoms with van der Waals surface area (Å²) in [5.74, 6) is 1.87. The minimum atomic E-state index is 0.774. The Bertz CT molecular complexity index is 1300. The van der Waals surface area contributed by atoms with Crippen LogP contribution in [0.3, 0.4) is 0 Å². The highest BCUT2D eigenvalue weighted by molar-refractivity contribution is 5.68. The van der Waals surface area contributed by atoms with E-state index in [0.717, 1.165) is 56.5 Å². The lowest BCUT2D eigenvalue weighted by Gasteiger charge is -2.30. The molecule has 4 heteroatoms. The van der Waals surface area contributed by atoms with Crippen molar-refractivity contribution in [2.24, 2.45) is 5.92 Å². The van der Waals surface area contributed by atoms with Gasteiger partial charge >= 0.3 is 0 Å². The smallest absolute Gasteiger partial charge is 0.140 e. The van der Waals surface area contributed by atoms with Gasteiger partial charge in [0, 0.05) is 57.1 Å². The van der Waals surface area contributed by atoms with Gasteiger partial charge in [-0.15, -0.1) is 0 Å². The van der Waals surface area contributed by atoms with Crippen molar-refractivity contribution in [2.45, 2.75) is 71.5 Å². The minimum absolute atomic E-state index is 0.774. The van der Waals surface area contributed by atoms with Crippen molar-refractivity contribution in [3.8, 4) is 22.6 Å². The summed E-state index contributed by atoms with van der Waals surface area (Å²) in [6.07, 6.45) is 9.15. The Morgan fingerprint density at radius 3 is 2.05 bits per heavy atom. The summed E-state index contributed by atoms with van der Waals surface area (Å²) in [7, 11) is 4.22. The number of aromatic nitrogens is 2. The molecule has 4 aromatic rings. The standard InChI is InChI=1S/C36H46N4/c1-4-5-25-40-34(35(31-17-11-7-12-18-31)37-36(40)32-19-13-8-14-20-32)28-39(26-29-15-9-6-10-16-29)27-30-21-23-33(24-22-30)38(2)3/h7-8,11-14,17-24,29H,4-6,9-10,15-16,25-28H2,1-3H3. The molecule has 1 saturated carbocycles. The summed E-state index contributed by atoms with van der Waals surface area (Å²) in [5.41, 5.74) is 7.51. The van der Waals surface area contributed by atoms with E-state index in [9.17, 15) is 0 Å². The Morgan fingerprint density at radius 1 is 0.775 bits per heavy atom. The average molecular weight is 535 g/mol. The van der Waals surface area contributed by atoms with Crippen LogP contribution in [0.25, 0.3) is 22.6 Å². The summed E-state index contributed by atoms with van der Waals surface area (Å²) in [5, 5.41) is 0. The van der Waals surface area contributed by atoms with Crippen LogP contribution in [0.15, 0.2) is 84.9 Å². The molecule has 40 heavy (non-hydrogen) atoms. The second-order valence-corrected chi connectivity index (χ2v) is 11.7. The van der Waals surface area contributed by atoms with Gasteiger partial charge in [-0.05, 0) is 42.9 Å². The fourth-order valence-electron chi connectivity index (χ4n) is 6.13. The van der Waals surface area contributed by atoms with Crippen molar-refractivity contribution >= 4 is 5.69 Å². The highest BCUT2D eigenvalue weighted by Gasteiger charge is 2.24. The number of anilines is 1. The molecule has 4 nitrogen and oxygen atoms in total. The average Bonchev–Trinajstić information content (AvgIpc) is 3.35. The number of nitrogens with zero attached hydrogens (tertiary/aromatic N) is 4. The third kappa shape index (κ3) is 7.03. The van der Waals surface area contributed by atoms with Crippen molar-refractivity contribution in [3.05, 3.63) is 96.2 Å². The van der Waals surface area contributed by atoms with E-state index in [1.54, 1.807) is 0 Å². The molecule has 1 aromatic heterocycles. The molecule has 0 bridgehead atoms. The van der Waals surface area contributed by atoms with Crippen molar-refractivity contribution in [3.63, 3.8) is 0 Å². The maximum Gasteiger partial charge on any atom is 0.140 e. The Balaban J connectivity index is 1.55. The van der Waals surface area contributed by atoms with Gasteiger partial charge in [-0.3, -0.25) is 4.90 Å². The lowest BCUT2D eigenvalue weighted by atomic mass is 9.89. The van der Waals surface area contributed by atoms with Crippen molar-refractivity contribution < 1.29 is 0 Å². The van der Waals surface area contributed by atoms with E-state index in [1.165, 1.54) is 60.2 Å². The van der Waals surface area contributed by atoms with Crippen molar-refractivity contribution in [1.29, 1.82) is 0 Å². The molecule has 0 aliphatic heterocycles. The SMILES string of the molecule is CCCCn1c(-c2ccccc2)nc(-c2ccccc2)c1CN(Cc1ccc(N(C)C)cc1)CC1CCCCC1. The number of unbranched alkanes of at least 4 members (excludes halogenated alkanes) is 1. The highest BCUT2D eigenvalue weighted by Crippen LogP contribution is 2.33. The quantitative estimate of drug-likeness (QED) is 0.182. The van der Waals surface area contributed by atoms with Gasteiger partial charge in [-0.2, -0.15) is 0 Å². The molecule has 0 radical (unpaired) electrons. The van der Waals surface area contributed by atoms with Gasteiger partial charge in [0.05, 0.1) is 11.4 Å². The molecule has 1 fully saturated rings. The first kappa shape index (κ1) is 28.2. The zero-order valence-corrected chi connectivity index (χ0v) is 24.7.